The molecule has 132 valence electrons. The molecule has 4 rings (SSSR count). The van der Waals surface area contributed by atoms with Crippen molar-refractivity contribution in [3.63, 3.8) is 0 Å². The summed E-state index contributed by atoms with van der Waals surface area (Å²) in [5, 5.41) is 0. The van der Waals surface area contributed by atoms with Gasteiger partial charge in [0.15, 0.2) is 0 Å². The van der Waals surface area contributed by atoms with Crippen LogP contribution < -0.4 is 0 Å². The Kier molecular flexibility index (Phi) is 5.24. The quantitative estimate of drug-likeness (QED) is 0.778. The fourth-order valence-electron chi connectivity index (χ4n) is 4.94. The summed E-state index contributed by atoms with van der Waals surface area (Å²) in [7, 11) is 0. The molecule has 0 N–H and O–H groups in total. The third-order valence-electron chi connectivity index (χ3n) is 6.69. The number of rotatable bonds is 5. The molecular formula is C19H33NO3. The van der Waals surface area contributed by atoms with E-state index in [1.54, 1.807) is 0 Å². The van der Waals surface area contributed by atoms with Crippen molar-refractivity contribution in [1.82, 2.24) is 4.90 Å². The Hall–Kier alpha value is -0.160. The monoisotopic (exact) mass is 323 g/mol. The molecule has 1 saturated carbocycles. The van der Waals surface area contributed by atoms with Crippen LogP contribution in [0.2, 0.25) is 0 Å². The number of hydrogen-bond acceptors (Lipinski definition) is 4. The molecule has 1 aliphatic carbocycles. The lowest BCUT2D eigenvalue weighted by Crippen LogP contribution is -2.59. The van der Waals surface area contributed by atoms with Crippen LogP contribution >= 0.6 is 0 Å². The van der Waals surface area contributed by atoms with E-state index in [0.29, 0.717) is 12.0 Å². The van der Waals surface area contributed by atoms with Crippen LogP contribution in [-0.2, 0) is 14.2 Å². The molecule has 23 heavy (non-hydrogen) atoms. The van der Waals surface area contributed by atoms with E-state index in [4.69, 9.17) is 14.2 Å². The van der Waals surface area contributed by atoms with Crippen molar-refractivity contribution in [1.29, 1.82) is 0 Å². The Morgan fingerprint density at radius 1 is 1.00 bits per heavy atom. The fourth-order valence-corrected chi connectivity index (χ4v) is 4.94. The van der Waals surface area contributed by atoms with Gasteiger partial charge in [-0.15, -0.1) is 0 Å². The van der Waals surface area contributed by atoms with Gasteiger partial charge in [-0.3, -0.25) is 4.90 Å². The van der Waals surface area contributed by atoms with Gasteiger partial charge in [0, 0.05) is 51.0 Å². The summed E-state index contributed by atoms with van der Waals surface area (Å²) in [5.41, 5.74) is 0.261. The highest BCUT2D eigenvalue weighted by molar-refractivity contribution is 4.99. The summed E-state index contributed by atoms with van der Waals surface area (Å²) in [4.78, 5) is 2.76. The highest BCUT2D eigenvalue weighted by Gasteiger charge is 2.47. The molecule has 0 bridgehead atoms. The van der Waals surface area contributed by atoms with Gasteiger partial charge in [0.1, 0.15) is 0 Å². The van der Waals surface area contributed by atoms with Crippen molar-refractivity contribution in [3.05, 3.63) is 0 Å². The molecule has 0 aromatic carbocycles. The van der Waals surface area contributed by atoms with E-state index in [-0.39, 0.29) is 5.41 Å². The van der Waals surface area contributed by atoms with E-state index in [9.17, 15) is 0 Å². The maximum atomic E-state index is 6.29. The first-order valence-electron chi connectivity index (χ1n) is 9.87. The minimum absolute atomic E-state index is 0.261. The molecule has 0 aromatic heterocycles. The van der Waals surface area contributed by atoms with Crippen molar-refractivity contribution >= 4 is 0 Å². The second-order valence-corrected chi connectivity index (χ2v) is 8.24. The minimum Gasteiger partial charge on any atom is -0.381 e. The molecule has 3 heterocycles. The van der Waals surface area contributed by atoms with Gasteiger partial charge in [-0.2, -0.15) is 0 Å². The normalized spacial score (nSPS) is 37.3. The van der Waals surface area contributed by atoms with Gasteiger partial charge in [0.05, 0.1) is 12.7 Å². The SMILES string of the molecule is C1CC(N2CC[C@H]3OCCC[C@@]3(COCC3CCOCC3)C2)C1. The largest absolute Gasteiger partial charge is 0.381 e. The Bertz CT molecular complexity index is 381. The molecule has 4 fully saturated rings. The summed E-state index contributed by atoms with van der Waals surface area (Å²) in [6, 6.07) is 0.852. The van der Waals surface area contributed by atoms with Crippen molar-refractivity contribution in [2.45, 2.75) is 63.5 Å². The van der Waals surface area contributed by atoms with Gasteiger partial charge in [-0.25, -0.2) is 0 Å². The second kappa shape index (κ2) is 7.38. The minimum atomic E-state index is 0.261. The third-order valence-corrected chi connectivity index (χ3v) is 6.69. The van der Waals surface area contributed by atoms with Gasteiger partial charge in [0.2, 0.25) is 0 Å². The summed E-state index contributed by atoms with van der Waals surface area (Å²) < 4.78 is 17.9. The number of likely N-dealkylation sites (tertiary alicyclic amines) is 1. The number of ether oxygens (including phenoxy) is 3. The van der Waals surface area contributed by atoms with Gasteiger partial charge in [-0.05, 0) is 50.9 Å². The molecule has 3 aliphatic heterocycles. The molecule has 2 atom stereocenters. The van der Waals surface area contributed by atoms with E-state index in [2.05, 4.69) is 4.90 Å². The molecule has 3 saturated heterocycles. The maximum absolute atomic E-state index is 6.29. The Morgan fingerprint density at radius 2 is 1.87 bits per heavy atom. The van der Waals surface area contributed by atoms with Crippen molar-refractivity contribution in [3.8, 4) is 0 Å². The average Bonchev–Trinajstić information content (AvgIpc) is 2.54. The summed E-state index contributed by atoms with van der Waals surface area (Å²) >= 11 is 0. The molecule has 0 radical (unpaired) electrons. The Labute approximate surface area is 140 Å². The van der Waals surface area contributed by atoms with Crippen LogP contribution in [0.1, 0.15) is 51.4 Å². The molecule has 0 aromatic rings. The van der Waals surface area contributed by atoms with Gasteiger partial charge < -0.3 is 14.2 Å². The van der Waals surface area contributed by atoms with E-state index < -0.39 is 0 Å². The van der Waals surface area contributed by atoms with Crippen molar-refractivity contribution < 1.29 is 14.2 Å². The van der Waals surface area contributed by atoms with Crippen molar-refractivity contribution in [2.75, 3.05) is 46.1 Å². The number of piperidine rings is 1. The van der Waals surface area contributed by atoms with Gasteiger partial charge >= 0.3 is 0 Å². The zero-order valence-corrected chi connectivity index (χ0v) is 14.5. The lowest BCUT2D eigenvalue weighted by atomic mass is 9.72. The molecule has 0 unspecified atom stereocenters. The van der Waals surface area contributed by atoms with Crippen LogP contribution in [0, 0.1) is 11.3 Å². The average molecular weight is 323 g/mol. The summed E-state index contributed by atoms with van der Waals surface area (Å²) in [6.45, 7) is 7.04. The lowest BCUT2D eigenvalue weighted by Gasteiger charge is -2.53. The standard InChI is InChI=1S/C19H33NO3/c1-3-17(4-1)20-9-5-18-19(14-20,8-2-10-23-18)15-22-13-16-6-11-21-12-7-16/h16-18H,1-15H2/t18-,19+/m1/s1. The van der Waals surface area contributed by atoms with Crippen LogP contribution in [0.15, 0.2) is 0 Å². The van der Waals surface area contributed by atoms with E-state index in [1.165, 1.54) is 64.5 Å². The molecule has 4 nitrogen and oxygen atoms in total. The lowest BCUT2D eigenvalue weighted by molar-refractivity contribution is -0.164. The van der Waals surface area contributed by atoms with Crippen molar-refractivity contribution in [2.24, 2.45) is 11.3 Å². The van der Waals surface area contributed by atoms with Crippen LogP contribution in [-0.4, -0.2) is 63.2 Å². The third kappa shape index (κ3) is 3.60. The van der Waals surface area contributed by atoms with Crippen LogP contribution in [0.3, 0.4) is 0 Å². The first kappa shape index (κ1) is 16.3. The molecule has 0 amide bonds. The summed E-state index contributed by atoms with van der Waals surface area (Å²) in [6.07, 6.45) is 10.7. The highest BCUT2D eigenvalue weighted by atomic mass is 16.5. The Balaban J connectivity index is 1.34. The van der Waals surface area contributed by atoms with Crippen LogP contribution in [0.5, 0.6) is 0 Å². The maximum Gasteiger partial charge on any atom is 0.0677 e. The van der Waals surface area contributed by atoms with E-state index >= 15 is 0 Å². The van der Waals surface area contributed by atoms with Gasteiger partial charge in [-0.1, -0.05) is 6.42 Å². The predicted molar refractivity (Wildman–Crippen MR) is 89.6 cm³/mol. The Morgan fingerprint density at radius 3 is 2.65 bits per heavy atom. The van der Waals surface area contributed by atoms with Crippen LogP contribution in [0.4, 0.5) is 0 Å². The van der Waals surface area contributed by atoms with E-state index in [0.717, 1.165) is 39.1 Å². The van der Waals surface area contributed by atoms with Gasteiger partial charge in [0.25, 0.3) is 0 Å². The molecule has 4 heteroatoms. The number of nitrogens with zero attached hydrogens (tertiary/aromatic N) is 1. The fraction of sp³-hybridized carbons (Fsp3) is 1.00. The second-order valence-electron chi connectivity index (χ2n) is 8.24. The number of hydrogen-bond donors (Lipinski definition) is 0. The smallest absolute Gasteiger partial charge is 0.0677 e. The number of fused-ring (bicyclic) bond motifs is 1. The molecule has 0 spiro atoms. The van der Waals surface area contributed by atoms with Crippen LogP contribution in [0.25, 0.3) is 0 Å². The van der Waals surface area contributed by atoms with E-state index in [1.807, 2.05) is 0 Å². The zero-order valence-electron chi connectivity index (χ0n) is 14.5. The first-order valence-corrected chi connectivity index (χ1v) is 9.87. The topological polar surface area (TPSA) is 30.9 Å². The summed E-state index contributed by atoms with van der Waals surface area (Å²) in [5.74, 6) is 0.703. The predicted octanol–water partition coefficient (Wildman–Crippen LogP) is 2.85. The molecule has 4 aliphatic rings. The first-order chi connectivity index (χ1) is 11.4. The molecular weight excluding hydrogens is 290 g/mol. The zero-order chi connectivity index (χ0) is 15.5. The highest BCUT2D eigenvalue weighted by Crippen LogP contribution is 2.42.